The Morgan fingerprint density at radius 1 is 1.53 bits per heavy atom. The van der Waals surface area contributed by atoms with Gasteiger partial charge in [-0.05, 0) is 18.9 Å². The molecule has 0 spiro atoms. The van der Waals surface area contributed by atoms with Gasteiger partial charge in [0.2, 0.25) is 5.15 Å². The molecule has 19 heavy (non-hydrogen) atoms. The number of nitrogens with one attached hydrogen (secondary N) is 1. The standard InChI is InChI=1S/C11H12ClN3O4/c12-10-9(15(17)18)8(5-6-13-10)11(16)14-19-7-3-1-2-4-7/h5-7H,1-4H2,(H,14,16). The van der Waals surface area contributed by atoms with Gasteiger partial charge < -0.3 is 0 Å². The minimum atomic E-state index is -0.736. The van der Waals surface area contributed by atoms with Gasteiger partial charge >= 0.3 is 5.69 Å². The molecule has 8 heteroatoms. The highest BCUT2D eigenvalue weighted by atomic mass is 35.5. The molecule has 1 aromatic rings. The molecule has 1 aliphatic carbocycles. The van der Waals surface area contributed by atoms with Crippen LogP contribution >= 0.6 is 11.6 Å². The van der Waals surface area contributed by atoms with E-state index in [4.69, 9.17) is 16.4 Å². The van der Waals surface area contributed by atoms with Crippen molar-refractivity contribution in [3.05, 3.63) is 33.1 Å². The lowest BCUT2D eigenvalue weighted by Gasteiger charge is -2.11. The van der Waals surface area contributed by atoms with E-state index in [0.717, 1.165) is 25.7 Å². The van der Waals surface area contributed by atoms with Crippen LogP contribution in [0.5, 0.6) is 0 Å². The van der Waals surface area contributed by atoms with Crippen molar-refractivity contribution in [2.45, 2.75) is 31.8 Å². The maximum absolute atomic E-state index is 11.9. The Bertz CT molecular complexity index is 503. The molecule has 1 heterocycles. The van der Waals surface area contributed by atoms with E-state index in [1.54, 1.807) is 0 Å². The number of carbonyl (C=O) groups is 1. The zero-order chi connectivity index (χ0) is 13.8. The third-order valence-corrected chi connectivity index (χ3v) is 3.20. The first-order valence-electron chi connectivity index (χ1n) is 5.84. The van der Waals surface area contributed by atoms with Crippen LogP contribution in [0.3, 0.4) is 0 Å². The second-order valence-corrected chi connectivity index (χ2v) is 4.57. The molecule has 1 aliphatic rings. The smallest absolute Gasteiger partial charge is 0.270 e. The van der Waals surface area contributed by atoms with Crippen molar-refractivity contribution in [1.29, 1.82) is 0 Å². The normalized spacial score (nSPS) is 15.4. The highest BCUT2D eigenvalue weighted by Gasteiger charge is 2.26. The molecule has 0 unspecified atom stereocenters. The van der Waals surface area contributed by atoms with Gasteiger partial charge in [-0.15, -0.1) is 0 Å². The van der Waals surface area contributed by atoms with Crippen molar-refractivity contribution in [3.8, 4) is 0 Å². The van der Waals surface area contributed by atoms with Crippen LogP contribution < -0.4 is 5.48 Å². The molecular weight excluding hydrogens is 274 g/mol. The number of rotatable bonds is 4. The number of nitro groups is 1. The molecule has 0 bridgehead atoms. The second-order valence-electron chi connectivity index (χ2n) is 4.21. The predicted octanol–water partition coefficient (Wildman–Crippen LogP) is 2.25. The average molecular weight is 286 g/mol. The maximum Gasteiger partial charge on any atom is 0.319 e. The van der Waals surface area contributed by atoms with Crippen molar-refractivity contribution in [2.75, 3.05) is 0 Å². The number of hydrogen-bond donors (Lipinski definition) is 1. The van der Waals surface area contributed by atoms with E-state index in [2.05, 4.69) is 10.5 Å². The van der Waals surface area contributed by atoms with Crippen molar-refractivity contribution in [2.24, 2.45) is 0 Å². The highest BCUT2D eigenvalue weighted by Crippen LogP contribution is 2.26. The van der Waals surface area contributed by atoms with Gasteiger partial charge in [0.15, 0.2) is 0 Å². The number of hydrogen-bond acceptors (Lipinski definition) is 5. The van der Waals surface area contributed by atoms with Crippen LogP contribution in [0.1, 0.15) is 36.0 Å². The van der Waals surface area contributed by atoms with E-state index in [1.165, 1.54) is 12.3 Å². The summed E-state index contributed by atoms with van der Waals surface area (Å²) < 4.78 is 0. The molecule has 0 atom stereocenters. The average Bonchev–Trinajstić information content (AvgIpc) is 2.88. The van der Waals surface area contributed by atoms with Crippen molar-refractivity contribution in [3.63, 3.8) is 0 Å². The number of halogens is 1. The first-order valence-corrected chi connectivity index (χ1v) is 6.22. The molecular formula is C11H12ClN3O4. The predicted molar refractivity (Wildman–Crippen MR) is 66.7 cm³/mol. The number of aromatic nitrogens is 1. The second kappa shape index (κ2) is 5.94. The Morgan fingerprint density at radius 2 is 2.21 bits per heavy atom. The van der Waals surface area contributed by atoms with Gasteiger partial charge in [0.1, 0.15) is 5.56 Å². The van der Waals surface area contributed by atoms with Crippen molar-refractivity contribution < 1.29 is 14.6 Å². The van der Waals surface area contributed by atoms with Crippen molar-refractivity contribution >= 4 is 23.2 Å². The molecule has 1 fully saturated rings. The summed E-state index contributed by atoms with van der Waals surface area (Å²) >= 11 is 5.62. The SMILES string of the molecule is O=C(NOC1CCCC1)c1ccnc(Cl)c1[N+](=O)[O-]. The summed E-state index contributed by atoms with van der Waals surface area (Å²) in [5.74, 6) is -0.692. The van der Waals surface area contributed by atoms with Crippen molar-refractivity contribution in [1.82, 2.24) is 10.5 Å². The Morgan fingerprint density at radius 3 is 2.84 bits per heavy atom. The molecule has 0 saturated heterocycles. The summed E-state index contributed by atoms with van der Waals surface area (Å²) in [5, 5.41) is 10.5. The van der Waals surface area contributed by atoms with Gasteiger partial charge in [0, 0.05) is 6.20 Å². The molecule has 1 amide bonds. The van der Waals surface area contributed by atoms with Crippen LogP contribution in [0.15, 0.2) is 12.3 Å². The number of carbonyl (C=O) groups excluding carboxylic acids is 1. The third-order valence-electron chi connectivity index (χ3n) is 2.93. The molecule has 0 radical (unpaired) electrons. The molecule has 0 aliphatic heterocycles. The van der Waals surface area contributed by atoms with Crippen LogP contribution in [-0.2, 0) is 4.84 Å². The van der Waals surface area contributed by atoms with E-state index in [0.29, 0.717) is 0 Å². The molecule has 1 aromatic heterocycles. The molecule has 7 nitrogen and oxygen atoms in total. The molecule has 102 valence electrons. The van der Waals surface area contributed by atoms with Gasteiger partial charge in [0.05, 0.1) is 11.0 Å². The lowest BCUT2D eigenvalue weighted by Crippen LogP contribution is -2.29. The summed E-state index contributed by atoms with van der Waals surface area (Å²) in [7, 11) is 0. The molecule has 1 saturated carbocycles. The summed E-state index contributed by atoms with van der Waals surface area (Å²) in [6, 6.07) is 1.23. The van der Waals surface area contributed by atoms with Crippen LogP contribution in [0.2, 0.25) is 5.15 Å². The van der Waals surface area contributed by atoms with Crippen LogP contribution in [-0.4, -0.2) is 21.9 Å². The summed E-state index contributed by atoms with van der Waals surface area (Å²) in [6.07, 6.45) is 5.07. The minimum Gasteiger partial charge on any atom is -0.270 e. The molecule has 2 rings (SSSR count). The first-order chi connectivity index (χ1) is 9.09. The number of pyridine rings is 1. The van der Waals surface area contributed by atoms with Gasteiger partial charge in [-0.1, -0.05) is 24.4 Å². The van der Waals surface area contributed by atoms with Crippen LogP contribution in [0.25, 0.3) is 0 Å². The van der Waals surface area contributed by atoms with Gasteiger partial charge in [-0.3, -0.25) is 19.7 Å². The van der Waals surface area contributed by atoms with E-state index in [1.807, 2.05) is 0 Å². The Balaban J connectivity index is 2.10. The van der Waals surface area contributed by atoms with Crippen LogP contribution in [0, 0.1) is 10.1 Å². The van der Waals surface area contributed by atoms with E-state index in [9.17, 15) is 14.9 Å². The maximum atomic E-state index is 11.9. The minimum absolute atomic E-state index is 0.0275. The Hall–Kier alpha value is -1.73. The zero-order valence-electron chi connectivity index (χ0n) is 9.97. The Kier molecular flexibility index (Phi) is 4.28. The highest BCUT2D eigenvalue weighted by molar-refractivity contribution is 6.32. The van der Waals surface area contributed by atoms with Gasteiger partial charge in [0.25, 0.3) is 5.91 Å². The lowest BCUT2D eigenvalue weighted by atomic mass is 10.2. The van der Waals surface area contributed by atoms with Gasteiger partial charge in [-0.2, -0.15) is 0 Å². The van der Waals surface area contributed by atoms with E-state index < -0.39 is 16.5 Å². The monoisotopic (exact) mass is 285 g/mol. The van der Waals surface area contributed by atoms with E-state index >= 15 is 0 Å². The third kappa shape index (κ3) is 3.18. The number of hydroxylamine groups is 1. The number of nitrogens with zero attached hydrogens (tertiary/aromatic N) is 2. The lowest BCUT2D eigenvalue weighted by molar-refractivity contribution is -0.385. The quantitative estimate of drug-likeness (QED) is 0.520. The van der Waals surface area contributed by atoms with Crippen LogP contribution in [0.4, 0.5) is 5.69 Å². The fourth-order valence-corrected chi connectivity index (χ4v) is 2.21. The first kappa shape index (κ1) is 13.7. The summed E-state index contributed by atoms with van der Waals surface area (Å²) in [4.78, 5) is 30.8. The zero-order valence-corrected chi connectivity index (χ0v) is 10.7. The van der Waals surface area contributed by atoms with E-state index in [-0.39, 0.29) is 16.8 Å². The fraction of sp³-hybridized carbons (Fsp3) is 0.455. The summed E-state index contributed by atoms with van der Waals surface area (Å²) in [5.41, 5.74) is 1.55. The Labute approximate surface area is 114 Å². The molecule has 0 aromatic carbocycles. The topological polar surface area (TPSA) is 94.4 Å². The number of amides is 1. The molecule has 1 N–H and O–H groups in total. The largest absolute Gasteiger partial charge is 0.319 e. The fourth-order valence-electron chi connectivity index (χ4n) is 1.98. The van der Waals surface area contributed by atoms with Gasteiger partial charge in [-0.25, -0.2) is 10.5 Å². The summed E-state index contributed by atoms with van der Waals surface area (Å²) in [6.45, 7) is 0.